The number of piperidine rings is 1. The Labute approximate surface area is 413 Å². The molecule has 0 spiro atoms. The number of ether oxygens (including phenoxy) is 4. The molecule has 3 aromatic carbocycles. The molecule has 0 radical (unpaired) electrons. The number of imide groups is 1. The summed E-state index contributed by atoms with van der Waals surface area (Å²) >= 11 is 0. The van der Waals surface area contributed by atoms with Crippen molar-refractivity contribution in [2.75, 3.05) is 56.9 Å². The predicted molar refractivity (Wildman–Crippen MR) is 264 cm³/mol. The van der Waals surface area contributed by atoms with Gasteiger partial charge in [-0.3, -0.25) is 29.3 Å². The number of amides is 5. The Morgan fingerprint density at radius 1 is 0.817 bits per heavy atom. The van der Waals surface area contributed by atoms with E-state index in [4.69, 9.17) is 18.9 Å². The van der Waals surface area contributed by atoms with Gasteiger partial charge < -0.3 is 44.4 Å². The summed E-state index contributed by atoms with van der Waals surface area (Å²) in [6.07, 6.45) is 10.3. The number of carbonyl (C=O) groups is 5. The van der Waals surface area contributed by atoms with Crippen LogP contribution in [0.5, 0.6) is 5.75 Å². The minimum atomic E-state index is -0.706. The molecule has 1 fully saturated rings. The average molecular weight is 973 g/mol. The zero-order valence-electron chi connectivity index (χ0n) is 40.5. The largest absolute Gasteiger partial charge is 0.494 e. The Kier molecular flexibility index (Phi) is 19.5. The maximum Gasteiger partial charge on any atom is 0.255 e. The summed E-state index contributed by atoms with van der Waals surface area (Å²) < 4.78 is 25.0. The van der Waals surface area contributed by atoms with E-state index in [9.17, 15) is 24.0 Å². The van der Waals surface area contributed by atoms with Crippen molar-refractivity contribution < 1.29 is 42.9 Å². The highest BCUT2D eigenvalue weighted by molar-refractivity contribution is 6.06. The number of fused-ring (bicyclic) bond motifs is 1. The van der Waals surface area contributed by atoms with E-state index in [1.807, 2.05) is 61.0 Å². The third-order valence-corrected chi connectivity index (χ3v) is 12.3. The molecule has 2 aliphatic rings. The molecule has 0 aliphatic carbocycles. The summed E-state index contributed by atoms with van der Waals surface area (Å²) in [7, 11) is 1.88. The fourth-order valence-corrected chi connectivity index (χ4v) is 8.32. The molecule has 5 aromatic rings. The zero-order chi connectivity index (χ0) is 49.8. The SMILES string of the molecule is C[C@@H](NC(=O)c1cccc(NCc2nnc(-c3ccncn3)n2C)c1)c1cccc(OCCCCCCOCCOCCOCCCCCC(=O)Nc2cccc3c2CN(C2CCC(=O)NC2=O)C3=O)c1. The van der Waals surface area contributed by atoms with E-state index in [1.54, 1.807) is 36.5 Å². The molecule has 5 amide bonds. The average Bonchev–Trinajstić information content (AvgIpc) is 3.92. The maximum atomic E-state index is 13.3. The minimum absolute atomic E-state index is 0.136. The van der Waals surface area contributed by atoms with E-state index in [0.29, 0.717) is 99.5 Å². The van der Waals surface area contributed by atoms with E-state index >= 15 is 0 Å². The van der Waals surface area contributed by atoms with Gasteiger partial charge in [-0.1, -0.05) is 37.1 Å². The fraction of sp³-hybridized carbons (Fsp3) is 0.442. The van der Waals surface area contributed by atoms with Gasteiger partial charge in [-0.25, -0.2) is 9.97 Å². The van der Waals surface area contributed by atoms with E-state index in [2.05, 4.69) is 41.4 Å². The molecular formula is C52H64N10O9. The molecule has 4 heterocycles. The Bertz CT molecular complexity index is 2570. The van der Waals surface area contributed by atoms with Crippen molar-refractivity contribution in [2.24, 2.45) is 7.05 Å². The van der Waals surface area contributed by atoms with Gasteiger partial charge in [-0.15, -0.1) is 10.2 Å². The number of carbonyl (C=O) groups excluding carboxylic acids is 5. The lowest BCUT2D eigenvalue weighted by Crippen LogP contribution is -2.52. The van der Waals surface area contributed by atoms with E-state index < -0.39 is 11.9 Å². The van der Waals surface area contributed by atoms with Crippen molar-refractivity contribution in [1.29, 1.82) is 0 Å². The molecule has 2 aromatic heterocycles. The quantitative estimate of drug-likeness (QED) is 0.0304. The summed E-state index contributed by atoms with van der Waals surface area (Å²) in [5.41, 5.74) is 4.68. The van der Waals surface area contributed by atoms with Crippen LogP contribution in [-0.2, 0) is 48.7 Å². The van der Waals surface area contributed by atoms with Crippen molar-refractivity contribution in [3.05, 3.63) is 113 Å². The van der Waals surface area contributed by atoms with Crippen molar-refractivity contribution in [2.45, 2.75) is 96.3 Å². The van der Waals surface area contributed by atoms with Crippen LogP contribution in [0.1, 0.15) is 115 Å². The molecule has 19 heteroatoms. The molecule has 2 atom stereocenters. The second kappa shape index (κ2) is 26.8. The van der Waals surface area contributed by atoms with Crippen molar-refractivity contribution >= 4 is 40.9 Å². The van der Waals surface area contributed by atoms with Crippen LogP contribution in [0.3, 0.4) is 0 Å². The molecule has 4 N–H and O–H groups in total. The number of unbranched alkanes of at least 4 members (excludes halogenated alkanes) is 5. The monoisotopic (exact) mass is 972 g/mol. The maximum absolute atomic E-state index is 13.3. The highest BCUT2D eigenvalue weighted by atomic mass is 16.5. The smallest absolute Gasteiger partial charge is 0.255 e. The molecular weight excluding hydrogens is 909 g/mol. The number of hydrogen-bond donors (Lipinski definition) is 4. The van der Waals surface area contributed by atoms with Crippen LogP contribution in [-0.4, -0.2) is 111 Å². The van der Waals surface area contributed by atoms with Crippen LogP contribution in [0.2, 0.25) is 0 Å². The van der Waals surface area contributed by atoms with E-state index in [1.165, 1.54) is 11.2 Å². The number of aromatic nitrogens is 5. The zero-order valence-corrected chi connectivity index (χ0v) is 40.5. The van der Waals surface area contributed by atoms with Crippen molar-refractivity contribution in [1.82, 2.24) is 40.3 Å². The van der Waals surface area contributed by atoms with Crippen molar-refractivity contribution in [3.8, 4) is 17.3 Å². The predicted octanol–water partition coefficient (Wildman–Crippen LogP) is 6.32. The Morgan fingerprint density at radius 3 is 2.31 bits per heavy atom. The van der Waals surface area contributed by atoms with E-state index in [0.717, 1.165) is 61.3 Å². The first-order chi connectivity index (χ1) is 34.6. The Balaban J connectivity index is 0.657. The van der Waals surface area contributed by atoms with Gasteiger partial charge in [0.25, 0.3) is 11.8 Å². The summed E-state index contributed by atoms with van der Waals surface area (Å²) in [6.45, 7) is 6.45. The topological polar surface area (TPSA) is 230 Å². The van der Waals surface area contributed by atoms with Crippen LogP contribution >= 0.6 is 0 Å². The molecule has 2 aliphatic heterocycles. The summed E-state index contributed by atoms with van der Waals surface area (Å²) in [6, 6.07) is 21.2. The van der Waals surface area contributed by atoms with Gasteiger partial charge in [0, 0.05) is 73.9 Å². The van der Waals surface area contributed by atoms with Crippen LogP contribution in [0, 0.1) is 0 Å². The van der Waals surface area contributed by atoms with Crippen LogP contribution in [0.15, 0.2) is 85.3 Å². The Hall–Kier alpha value is -7.09. The number of anilines is 2. The normalized spacial score (nSPS) is 14.8. The first-order valence-corrected chi connectivity index (χ1v) is 24.5. The van der Waals surface area contributed by atoms with Gasteiger partial charge in [0.05, 0.1) is 45.6 Å². The van der Waals surface area contributed by atoms with Gasteiger partial charge in [0.1, 0.15) is 23.8 Å². The highest BCUT2D eigenvalue weighted by Crippen LogP contribution is 2.32. The summed E-state index contributed by atoms with van der Waals surface area (Å²) in [4.78, 5) is 72.7. The molecule has 0 bridgehead atoms. The van der Waals surface area contributed by atoms with Crippen LogP contribution in [0.25, 0.3) is 11.5 Å². The summed E-state index contributed by atoms with van der Waals surface area (Å²) in [5.74, 6) is 0.746. The molecule has 19 nitrogen and oxygen atoms in total. The number of nitrogens with zero attached hydrogens (tertiary/aromatic N) is 6. The lowest BCUT2D eigenvalue weighted by Gasteiger charge is -2.29. The lowest BCUT2D eigenvalue weighted by atomic mass is 10.0. The first kappa shape index (κ1) is 51.8. The van der Waals surface area contributed by atoms with Crippen LogP contribution in [0.4, 0.5) is 11.4 Å². The van der Waals surface area contributed by atoms with Crippen LogP contribution < -0.4 is 26.0 Å². The van der Waals surface area contributed by atoms with Gasteiger partial charge in [0.15, 0.2) is 11.6 Å². The molecule has 1 saturated heterocycles. The van der Waals surface area contributed by atoms with Gasteiger partial charge in [-0.2, -0.15) is 0 Å². The Morgan fingerprint density at radius 2 is 1.55 bits per heavy atom. The van der Waals surface area contributed by atoms with Gasteiger partial charge in [0.2, 0.25) is 17.7 Å². The molecule has 376 valence electrons. The number of benzene rings is 3. The fourth-order valence-electron chi connectivity index (χ4n) is 8.32. The molecule has 71 heavy (non-hydrogen) atoms. The lowest BCUT2D eigenvalue weighted by molar-refractivity contribution is -0.137. The number of rotatable bonds is 29. The van der Waals surface area contributed by atoms with Gasteiger partial charge >= 0.3 is 0 Å². The second-order valence-electron chi connectivity index (χ2n) is 17.5. The third-order valence-electron chi connectivity index (χ3n) is 12.3. The highest BCUT2D eigenvalue weighted by Gasteiger charge is 2.40. The van der Waals surface area contributed by atoms with E-state index in [-0.39, 0.29) is 49.1 Å². The number of hydrogen-bond acceptors (Lipinski definition) is 14. The standard InChI is InChI=1S/C52H64N10O9/c1-36(56-50(65)38-14-10-15-39(31-38)54-33-46-59-60-49(61(46)2)44-22-23-53-35-55-44)37-13-11-16-40(32-37)71-26-9-4-3-7-24-68-27-29-70-30-28-69-25-8-5-6-19-47(63)57-43-18-12-17-41-42(43)34-62(52(41)67)45-20-21-48(64)58-51(45)66/h10-18,22-23,31-32,35-36,45,54H,3-9,19-21,24-30,33-34H2,1-2H3,(H,56,65)(H,57,63)(H,58,64,66)/t36-,45?/m1/s1. The summed E-state index contributed by atoms with van der Waals surface area (Å²) in [5, 5.41) is 20.3. The minimum Gasteiger partial charge on any atom is -0.494 e. The second-order valence-corrected chi connectivity index (χ2v) is 17.5. The molecule has 1 unspecified atom stereocenters. The first-order valence-electron chi connectivity index (χ1n) is 24.5. The van der Waals surface area contributed by atoms with Crippen molar-refractivity contribution in [3.63, 3.8) is 0 Å². The molecule has 0 saturated carbocycles. The van der Waals surface area contributed by atoms with Gasteiger partial charge in [-0.05, 0) is 99.5 Å². The number of nitrogens with one attached hydrogen (secondary N) is 4. The molecule has 7 rings (SSSR count). The third kappa shape index (κ3) is 15.2.